The summed E-state index contributed by atoms with van der Waals surface area (Å²) in [6.07, 6.45) is 1.36. The van der Waals surface area contributed by atoms with Gasteiger partial charge in [0, 0.05) is 25.3 Å². The van der Waals surface area contributed by atoms with Crippen LogP contribution in [0.25, 0.3) is 0 Å². The molecule has 0 fully saturated rings. The zero-order chi connectivity index (χ0) is 17.1. The average Bonchev–Trinajstić information content (AvgIpc) is 2.48. The van der Waals surface area contributed by atoms with Crippen LogP contribution in [0.3, 0.4) is 0 Å². The monoisotopic (exact) mass is 354 g/mol. The minimum absolute atomic E-state index is 0.150. The summed E-state index contributed by atoms with van der Waals surface area (Å²) in [4.78, 5) is 28.6. The Balaban J connectivity index is 2.46. The Labute approximate surface area is 142 Å². The zero-order valence-electron chi connectivity index (χ0n) is 12.2. The van der Waals surface area contributed by atoms with Crippen molar-refractivity contribution < 1.29 is 9.72 Å². The fourth-order valence-corrected chi connectivity index (χ4v) is 2.25. The van der Waals surface area contributed by atoms with Crippen molar-refractivity contribution in [3.05, 3.63) is 56.2 Å². The van der Waals surface area contributed by atoms with Crippen LogP contribution < -0.4 is 10.2 Å². The Hall–Kier alpha value is -2.38. The number of nitro groups is 1. The molecule has 0 radical (unpaired) electrons. The van der Waals surface area contributed by atoms with Crippen molar-refractivity contribution >= 4 is 46.3 Å². The molecule has 9 heteroatoms. The van der Waals surface area contributed by atoms with Crippen LogP contribution in [0.5, 0.6) is 0 Å². The number of halogens is 2. The molecule has 120 valence electrons. The Morgan fingerprint density at radius 2 is 1.96 bits per heavy atom. The lowest BCUT2D eigenvalue weighted by Crippen LogP contribution is -2.18. The minimum Gasteiger partial charge on any atom is -0.372 e. The number of benzene rings is 1. The van der Waals surface area contributed by atoms with Gasteiger partial charge in [-0.15, -0.1) is 0 Å². The molecule has 23 heavy (non-hydrogen) atoms. The molecule has 7 nitrogen and oxygen atoms in total. The number of carbonyl (C=O) groups is 1. The molecular weight excluding hydrogens is 343 g/mol. The fraction of sp³-hybridized carbons (Fsp3) is 0.143. The number of hydrogen-bond donors (Lipinski definition) is 1. The van der Waals surface area contributed by atoms with E-state index in [0.717, 1.165) is 0 Å². The molecule has 0 unspecified atom stereocenters. The first kappa shape index (κ1) is 17.0. The van der Waals surface area contributed by atoms with E-state index in [0.29, 0.717) is 5.02 Å². The van der Waals surface area contributed by atoms with Crippen molar-refractivity contribution in [1.29, 1.82) is 0 Å². The highest BCUT2D eigenvalue weighted by Gasteiger charge is 2.27. The van der Waals surface area contributed by atoms with Crippen molar-refractivity contribution in [2.75, 3.05) is 24.3 Å². The van der Waals surface area contributed by atoms with Crippen LogP contribution in [0, 0.1) is 10.1 Å². The number of carbonyl (C=O) groups excluding carboxylic acids is 1. The standard InChI is InChI=1S/C14H12Cl2N4O3/c1-19(2)11-6-9(16)5-10(13(11)20(22)23)14(21)18-12-4-3-8(15)7-17-12/h3-7H,1-2H3,(H,17,18,21). The highest BCUT2D eigenvalue weighted by molar-refractivity contribution is 6.32. The van der Waals surface area contributed by atoms with E-state index in [-0.39, 0.29) is 27.8 Å². The van der Waals surface area contributed by atoms with Gasteiger partial charge in [0.1, 0.15) is 17.1 Å². The Morgan fingerprint density at radius 3 is 2.48 bits per heavy atom. The van der Waals surface area contributed by atoms with E-state index in [9.17, 15) is 14.9 Å². The van der Waals surface area contributed by atoms with Gasteiger partial charge in [0.25, 0.3) is 5.91 Å². The van der Waals surface area contributed by atoms with Gasteiger partial charge in [0.15, 0.2) is 0 Å². The second-order valence-corrected chi connectivity index (χ2v) is 5.66. The predicted molar refractivity (Wildman–Crippen MR) is 89.6 cm³/mol. The number of amides is 1. The number of nitrogens with zero attached hydrogens (tertiary/aromatic N) is 3. The first-order chi connectivity index (χ1) is 10.8. The van der Waals surface area contributed by atoms with E-state index in [2.05, 4.69) is 10.3 Å². The third-order valence-electron chi connectivity index (χ3n) is 2.93. The first-order valence-corrected chi connectivity index (χ1v) is 7.13. The number of hydrogen-bond acceptors (Lipinski definition) is 5. The molecule has 0 aliphatic heterocycles. The molecule has 0 atom stereocenters. The summed E-state index contributed by atoms with van der Waals surface area (Å²) in [5.74, 6) is -0.461. The van der Waals surface area contributed by atoms with Crippen LogP contribution in [0.4, 0.5) is 17.2 Å². The highest BCUT2D eigenvalue weighted by Crippen LogP contribution is 2.34. The maximum Gasteiger partial charge on any atom is 0.305 e. The molecule has 0 saturated heterocycles. The molecule has 1 aromatic carbocycles. The van der Waals surface area contributed by atoms with Gasteiger partial charge >= 0.3 is 5.69 Å². The van der Waals surface area contributed by atoms with Crippen molar-refractivity contribution in [3.8, 4) is 0 Å². The third-order valence-corrected chi connectivity index (χ3v) is 3.37. The second kappa shape index (κ2) is 6.80. The van der Waals surface area contributed by atoms with Crippen molar-refractivity contribution in [2.24, 2.45) is 0 Å². The lowest BCUT2D eigenvalue weighted by molar-refractivity contribution is -0.384. The number of rotatable bonds is 4. The number of pyridine rings is 1. The van der Waals surface area contributed by atoms with Crippen LogP contribution >= 0.6 is 23.2 Å². The summed E-state index contributed by atoms with van der Waals surface area (Å²) >= 11 is 11.7. The van der Waals surface area contributed by atoms with Crippen molar-refractivity contribution in [1.82, 2.24) is 4.98 Å². The van der Waals surface area contributed by atoms with Gasteiger partial charge in [0.2, 0.25) is 0 Å². The van der Waals surface area contributed by atoms with Crippen LogP contribution in [-0.4, -0.2) is 29.9 Å². The molecule has 1 aromatic heterocycles. The van der Waals surface area contributed by atoms with E-state index in [4.69, 9.17) is 23.2 Å². The molecule has 1 N–H and O–H groups in total. The lowest BCUT2D eigenvalue weighted by atomic mass is 10.1. The molecule has 1 amide bonds. The van der Waals surface area contributed by atoms with Gasteiger partial charge < -0.3 is 10.2 Å². The predicted octanol–water partition coefficient (Wildman–Crippen LogP) is 3.61. The second-order valence-electron chi connectivity index (χ2n) is 4.79. The molecule has 1 heterocycles. The Kier molecular flexibility index (Phi) is 5.02. The van der Waals surface area contributed by atoms with Gasteiger partial charge in [-0.3, -0.25) is 14.9 Å². The molecule has 0 spiro atoms. The van der Waals surface area contributed by atoms with E-state index < -0.39 is 10.8 Å². The first-order valence-electron chi connectivity index (χ1n) is 6.37. The number of nitrogens with one attached hydrogen (secondary N) is 1. The van der Waals surface area contributed by atoms with Crippen LogP contribution in [0.15, 0.2) is 30.5 Å². The Morgan fingerprint density at radius 1 is 1.26 bits per heavy atom. The smallest absolute Gasteiger partial charge is 0.305 e. The number of anilines is 2. The topological polar surface area (TPSA) is 88.4 Å². The van der Waals surface area contributed by atoms with E-state index in [1.807, 2.05) is 0 Å². The van der Waals surface area contributed by atoms with Gasteiger partial charge in [-0.2, -0.15) is 0 Å². The maximum atomic E-state index is 12.4. The van der Waals surface area contributed by atoms with Gasteiger partial charge in [-0.05, 0) is 24.3 Å². The number of aromatic nitrogens is 1. The summed E-state index contributed by atoms with van der Waals surface area (Å²) in [5.41, 5.74) is -0.245. The van der Waals surface area contributed by atoms with E-state index in [1.54, 1.807) is 20.2 Å². The molecule has 2 rings (SSSR count). The zero-order valence-corrected chi connectivity index (χ0v) is 13.7. The van der Waals surface area contributed by atoms with Crippen LogP contribution in [-0.2, 0) is 0 Å². The lowest BCUT2D eigenvalue weighted by Gasteiger charge is -2.15. The quantitative estimate of drug-likeness (QED) is 0.669. The summed E-state index contributed by atoms with van der Waals surface area (Å²) in [5, 5.41) is 14.5. The van der Waals surface area contributed by atoms with Crippen molar-refractivity contribution in [3.63, 3.8) is 0 Å². The molecule has 0 bridgehead atoms. The average molecular weight is 355 g/mol. The SMILES string of the molecule is CN(C)c1cc(Cl)cc(C(=O)Nc2ccc(Cl)cn2)c1[N+](=O)[O-]. The van der Waals surface area contributed by atoms with Gasteiger partial charge in [-0.25, -0.2) is 4.98 Å². The van der Waals surface area contributed by atoms with Crippen LogP contribution in [0.2, 0.25) is 10.0 Å². The summed E-state index contributed by atoms with van der Waals surface area (Å²) in [6.45, 7) is 0. The highest BCUT2D eigenvalue weighted by atomic mass is 35.5. The fourth-order valence-electron chi connectivity index (χ4n) is 1.92. The van der Waals surface area contributed by atoms with Crippen molar-refractivity contribution in [2.45, 2.75) is 0 Å². The van der Waals surface area contributed by atoms with Gasteiger partial charge in [-0.1, -0.05) is 23.2 Å². The molecule has 0 saturated carbocycles. The Bertz CT molecular complexity index is 763. The summed E-state index contributed by atoms with van der Waals surface area (Å²) in [6, 6.07) is 5.71. The van der Waals surface area contributed by atoms with Gasteiger partial charge in [0.05, 0.1) is 9.95 Å². The maximum absolute atomic E-state index is 12.4. The normalized spacial score (nSPS) is 10.3. The van der Waals surface area contributed by atoms with E-state index in [1.165, 1.54) is 29.3 Å². The minimum atomic E-state index is -0.683. The van der Waals surface area contributed by atoms with Crippen LogP contribution in [0.1, 0.15) is 10.4 Å². The number of nitro benzene ring substituents is 1. The molecule has 2 aromatic rings. The third kappa shape index (κ3) is 3.88. The largest absolute Gasteiger partial charge is 0.372 e. The molecule has 0 aliphatic rings. The summed E-state index contributed by atoms with van der Waals surface area (Å²) < 4.78 is 0. The summed E-state index contributed by atoms with van der Waals surface area (Å²) in [7, 11) is 3.25. The molecular formula is C14H12Cl2N4O3. The molecule has 0 aliphatic carbocycles. The van der Waals surface area contributed by atoms with E-state index >= 15 is 0 Å².